The number of carbonyl (C=O) groups is 1. The van der Waals surface area contributed by atoms with E-state index in [1.807, 2.05) is 20.8 Å². The van der Waals surface area contributed by atoms with Crippen molar-refractivity contribution in [1.29, 1.82) is 0 Å². The van der Waals surface area contributed by atoms with Gasteiger partial charge in [-0.25, -0.2) is 10.2 Å². The third kappa shape index (κ3) is 7.04. The molecule has 1 fully saturated rings. The van der Waals surface area contributed by atoms with Crippen molar-refractivity contribution in [3.63, 3.8) is 0 Å². The number of hydrazone groups is 1. The lowest BCUT2D eigenvalue weighted by Gasteiger charge is -2.40. The van der Waals surface area contributed by atoms with Gasteiger partial charge in [-0.3, -0.25) is 0 Å². The van der Waals surface area contributed by atoms with Crippen LogP contribution >= 0.6 is 0 Å². The van der Waals surface area contributed by atoms with Gasteiger partial charge in [0, 0.05) is 11.8 Å². The van der Waals surface area contributed by atoms with Gasteiger partial charge in [-0.05, 0) is 64.6 Å². The molecular weight excluding hydrogens is 308 g/mol. The molecule has 1 aliphatic carbocycles. The first-order valence-electron chi connectivity index (χ1n) is 8.52. The van der Waals surface area contributed by atoms with E-state index in [4.69, 9.17) is 9.16 Å². The molecule has 0 aromatic carbocycles. The maximum atomic E-state index is 11.6. The van der Waals surface area contributed by atoms with Crippen LogP contribution in [0.4, 0.5) is 4.79 Å². The molecule has 0 atom stereocenters. The number of rotatable bonds is 3. The second-order valence-corrected chi connectivity index (χ2v) is 13.6. The molecule has 23 heavy (non-hydrogen) atoms. The van der Waals surface area contributed by atoms with Gasteiger partial charge in [0.1, 0.15) is 5.60 Å². The summed E-state index contributed by atoms with van der Waals surface area (Å²) in [6.45, 7) is 16.9. The number of amides is 1. The van der Waals surface area contributed by atoms with E-state index in [0.717, 1.165) is 31.4 Å². The molecule has 1 amide bonds. The minimum absolute atomic E-state index is 0.236. The number of hydrogen-bond acceptors (Lipinski definition) is 4. The van der Waals surface area contributed by atoms with Crippen molar-refractivity contribution in [3.8, 4) is 0 Å². The summed E-state index contributed by atoms with van der Waals surface area (Å²) in [5.74, 6) is 0. The van der Waals surface area contributed by atoms with E-state index >= 15 is 0 Å². The fourth-order valence-electron chi connectivity index (χ4n) is 2.17. The van der Waals surface area contributed by atoms with Crippen LogP contribution in [0.25, 0.3) is 0 Å². The second-order valence-electron chi connectivity index (χ2n) is 8.87. The zero-order valence-corrected chi connectivity index (χ0v) is 17.1. The lowest BCUT2D eigenvalue weighted by Crippen LogP contribution is -2.44. The topological polar surface area (TPSA) is 59.9 Å². The predicted molar refractivity (Wildman–Crippen MR) is 97.3 cm³/mol. The molecule has 0 aliphatic heterocycles. The Bertz CT molecular complexity index is 438. The van der Waals surface area contributed by atoms with Crippen molar-refractivity contribution in [2.45, 2.75) is 97.1 Å². The maximum absolute atomic E-state index is 11.6. The Morgan fingerprint density at radius 2 is 1.65 bits per heavy atom. The van der Waals surface area contributed by atoms with Gasteiger partial charge in [0.2, 0.25) is 0 Å². The summed E-state index contributed by atoms with van der Waals surface area (Å²) in [6, 6.07) is 0. The lowest BCUT2D eigenvalue weighted by molar-refractivity contribution is 0.0528. The molecular formula is C17H34N2O3Si. The van der Waals surface area contributed by atoms with Crippen LogP contribution in [0.1, 0.15) is 67.2 Å². The van der Waals surface area contributed by atoms with Gasteiger partial charge < -0.3 is 9.16 Å². The van der Waals surface area contributed by atoms with Crippen LogP contribution in [0.15, 0.2) is 5.10 Å². The summed E-state index contributed by atoms with van der Waals surface area (Å²) in [5.41, 5.74) is 3.01. The number of nitrogens with one attached hydrogen (secondary N) is 1. The van der Waals surface area contributed by atoms with E-state index in [9.17, 15) is 4.79 Å². The van der Waals surface area contributed by atoms with E-state index in [0.29, 0.717) is 6.10 Å². The highest BCUT2D eigenvalue weighted by Crippen LogP contribution is 2.38. The van der Waals surface area contributed by atoms with Crippen molar-refractivity contribution in [2.75, 3.05) is 0 Å². The molecule has 5 nitrogen and oxygen atoms in total. The van der Waals surface area contributed by atoms with Crippen LogP contribution in [-0.4, -0.2) is 31.8 Å². The summed E-state index contributed by atoms with van der Waals surface area (Å²) in [5, 5.41) is 4.43. The third-order valence-corrected chi connectivity index (χ3v) is 9.02. The molecule has 0 heterocycles. The standard InChI is InChI=1S/C17H34N2O3Si/c1-16(2,3)21-15(20)19-18-13-9-11-14(12-10-13)22-23(7,8)17(4,5)6/h14H,9-12H2,1-8H3,(H,19,20). The Balaban J connectivity index is 2.44. The van der Waals surface area contributed by atoms with Crippen LogP contribution in [-0.2, 0) is 9.16 Å². The first-order chi connectivity index (χ1) is 10.3. The van der Waals surface area contributed by atoms with E-state index in [2.05, 4.69) is 44.4 Å². The highest BCUT2D eigenvalue weighted by Gasteiger charge is 2.39. The van der Waals surface area contributed by atoms with Gasteiger partial charge in [-0.1, -0.05) is 20.8 Å². The molecule has 6 heteroatoms. The van der Waals surface area contributed by atoms with Gasteiger partial charge in [0.05, 0.1) is 0 Å². The molecule has 1 saturated carbocycles. The molecule has 0 aromatic heterocycles. The molecule has 0 saturated heterocycles. The summed E-state index contributed by atoms with van der Waals surface area (Å²) in [6.07, 6.45) is 3.51. The van der Waals surface area contributed by atoms with Crippen LogP contribution in [0.5, 0.6) is 0 Å². The fraction of sp³-hybridized carbons (Fsp3) is 0.882. The van der Waals surface area contributed by atoms with Crippen LogP contribution in [0.3, 0.4) is 0 Å². The predicted octanol–water partition coefficient (Wildman–Crippen LogP) is 4.83. The average molecular weight is 343 g/mol. The third-order valence-electron chi connectivity index (χ3n) is 4.48. The normalized spacial score (nSPS) is 20.2. The summed E-state index contributed by atoms with van der Waals surface area (Å²) < 4.78 is 11.6. The van der Waals surface area contributed by atoms with Crippen molar-refractivity contribution in [3.05, 3.63) is 0 Å². The zero-order chi connectivity index (χ0) is 17.9. The van der Waals surface area contributed by atoms with Crippen molar-refractivity contribution < 1.29 is 14.0 Å². The first-order valence-corrected chi connectivity index (χ1v) is 11.4. The number of carbonyl (C=O) groups excluding carboxylic acids is 1. The summed E-state index contributed by atoms with van der Waals surface area (Å²) in [7, 11) is -1.71. The van der Waals surface area contributed by atoms with Gasteiger partial charge in [0.15, 0.2) is 8.32 Å². The molecule has 1 aliphatic rings. The van der Waals surface area contributed by atoms with Crippen molar-refractivity contribution >= 4 is 20.1 Å². The lowest BCUT2D eigenvalue weighted by atomic mass is 9.96. The molecule has 0 radical (unpaired) electrons. The highest BCUT2D eigenvalue weighted by molar-refractivity contribution is 6.74. The van der Waals surface area contributed by atoms with E-state index in [1.54, 1.807) is 0 Å². The van der Waals surface area contributed by atoms with E-state index in [-0.39, 0.29) is 5.04 Å². The number of hydrogen-bond donors (Lipinski definition) is 1. The Labute approximate surface area is 142 Å². The molecule has 0 spiro atoms. The van der Waals surface area contributed by atoms with E-state index in [1.165, 1.54) is 0 Å². The zero-order valence-electron chi connectivity index (χ0n) is 16.1. The Morgan fingerprint density at radius 3 is 2.09 bits per heavy atom. The largest absolute Gasteiger partial charge is 0.443 e. The smallest absolute Gasteiger partial charge is 0.428 e. The second kappa shape index (κ2) is 7.34. The Morgan fingerprint density at radius 1 is 1.13 bits per heavy atom. The summed E-state index contributed by atoms with van der Waals surface area (Å²) >= 11 is 0. The first kappa shape index (κ1) is 20.2. The molecule has 0 aromatic rings. The molecule has 134 valence electrons. The molecule has 0 unspecified atom stereocenters. The van der Waals surface area contributed by atoms with Gasteiger partial charge in [-0.2, -0.15) is 5.10 Å². The number of nitrogens with zero attached hydrogens (tertiary/aromatic N) is 1. The van der Waals surface area contributed by atoms with Gasteiger partial charge in [-0.15, -0.1) is 0 Å². The van der Waals surface area contributed by atoms with Crippen molar-refractivity contribution in [2.24, 2.45) is 5.10 Å². The van der Waals surface area contributed by atoms with Crippen LogP contribution < -0.4 is 5.43 Å². The Hall–Kier alpha value is -0.883. The molecule has 1 N–H and O–H groups in total. The van der Waals surface area contributed by atoms with Crippen LogP contribution in [0.2, 0.25) is 18.1 Å². The van der Waals surface area contributed by atoms with Gasteiger partial charge >= 0.3 is 6.09 Å². The van der Waals surface area contributed by atoms with Crippen LogP contribution in [0, 0.1) is 0 Å². The maximum Gasteiger partial charge on any atom is 0.428 e. The average Bonchev–Trinajstić information content (AvgIpc) is 2.34. The SMILES string of the molecule is CC(C)(C)OC(=O)NN=C1CCC(O[Si](C)(C)C(C)(C)C)CC1. The minimum atomic E-state index is -1.71. The quantitative estimate of drug-likeness (QED) is 0.590. The van der Waals surface area contributed by atoms with Crippen molar-refractivity contribution in [1.82, 2.24) is 5.43 Å². The Kier molecular flexibility index (Phi) is 6.44. The molecule has 0 bridgehead atoms. The van der Waals surface area contributed by atoms with Gasteiger partial charge in [0.25, 0.3) is 0 Å². The number of ether oxygens (including phenoxy) is 1. The summed E-state index contributed by atoms with van der Waals surface area (Å²) in [4.78, 5) is 11.6. The highest BCUT2D eigenvalue weighted by atomic mass is 28.4. The molecule has 1 rings (SSSR count). The van der Waals surface area contributed by atoms with E-state index < -0.39 is 20.0 Å². The fourth-order valence-corrected chi connectivity index (χ4v) is 3.60. The monoisotopic (exact) mass is 342 g/mol. The minimum Gasteiger partial charge on any atom is -0.443 e.